The standard InChI is InChI=1S/C9H14O4/c1-9(2)4-7(10)6(5-13-9)8(11)12-3/h6H,4-5H2,1-3H3/t6-/m1/s1. The van der Waals surface area contributed by atoms with Crippen LogP contribution in [0.2, 0.25) is 0 Å². The molecule has 0 aromatic heterocycles. The molecule has 1 fully saturated rings. The van der Waals surface area contributed by atoms with Gasteiger partial charge in [-0.25, -0.2) is 0 Å². The first-order valence-corrected chi connectivity index (χ1v) is 4.21. The molecule has 0 aromatic carbocycles. The Morgan fingerprint density at radius 1 is 1.62 bits per heavy atom. The van der Waals surface area contributed by atoms with Crippen molar-refractivity contribution < 1.29 is 19.1 Å². The Labute approximate surface area is 77.2 Å². The summed E-state index contributed by atoms with van der Waals surface area (Å²) in [5.74, 6) is -1.32. The highest BCUT2D eigenvalue weighted by Crippen LogP contribution is 2.25. The molecule has 0 spiro atoms. The van der Waals surface area contributed by atoms with Crippen LogP contribution in [-0.4, -0.2) is 31.1 Å². The zero-order chi connectivity index (χ0) is 10.1. The molecule has 0 saturated carbocycles. The van der Waals surface area contributed by atoms with E-state index >= 15 is 0 Å². The van der Waals surface area contributed by atoms with Crippen LogP contribution in [-0.2, 0) is 19.1 Å². The number of methoxy groups -OCH3 is 1. The van der Waals surface area contributed by atoms with E-state index in [2.05, 4.69) is 4.74 Å². The van der Waals surface area contributed by atoms with E-state index in [-0.39, 0.29) is 18.8 Å². The van der Waals surface area contributed by atoms with Crippen molar-refractivity contribution in [2.24, 2.45) is 5.92 Å². The molecule has 1 saturated heterocycles. The molecule has 0 amide bonds. The average molecular weight is 186 g/mol. The summed E-state index contributed by atoms with van der Waals surface area (Å²) in [6.07, 6.45) is 0.271. The normalized spacial score (nSPS) is 27.0. The van der Waals surface area contributed by atoms with Crippen molar-refractivity contribution in [3.05, 3.63) is 0 Å². The van der Waals surface area contributed by atoms with Gasteiger partial charge in [-0.1, -0.05) is 0 Å². The van der Waals surface area contributed by atoms with E-state index in [1.807, 2.05) is 13.8 Å². The summed E-state index contributed by atoms with van der Waals surface area (Å²) >= 11 is 0. The van der Waals surface area contributed by atoms with Gasteiger partial charge in [-0.3, -0.25) is 9.59 Å². The summed E-state index contributed by atoms with van der Waals surface area (Å²) in [5, 5.41) is 0. The number of carbonyl (C=O) groups excluding carboxylic acids is 2. The number of esters is 1. The van der Waals surface area contributed by atoms with Crippen molar-refractivity contribution in [1.29, 1.82) is 0 Å². The largest absolute Gasteiger partial charge is 0.468 e. The monoisotopic (exact) mass is 186 g/mol. The summed E-state index contributed by atoms with van der Waals surface area (Å²) in [4.78, 5) is 22.5. The second-order valence-electron chi connectivity index (χ2n) is 3.79. The molecule has 4 heteroatoms. The number of carbonyl (C=O) groups is 2. The lowest BCUT2D eigenvalue weighted by atomic mass is 9.90. The van der Waals surface area contributed by atoms with Gasteiger partial charge in [-0.15, -0.1) is 0 Å². The Morgan fingerprint density at radius 2 is 2.23 bits per heavy atom. The number of hydrogen-bond donors (Lipinski definition) is 0. The van der Waals surface area contributed by atoms with Gasteiger partial charge in [0.15, 0.2) is 5.78 Å². The molecule has 0 radical (unpaired) electrons. The molecule has 0 N–H and O–H groups in total. The molecule has 0 bridgehead atoms. The fourth-order valence-electron chi connectivity index (χ4n) is 1.34. The zero-order valence-electron chi connectivity index (χ0n) is 8.12. The highest BCUT2D eigenvalue weighted by molar-refractivity contribution is 5.99. The van der Waals surface area contributed by atoms with Crippen LogP contribution in [0.4, 0.5) is 0 Å². The first-order chi connectivity index (χ1) is 5.96. The number of Topliss-reactive ketones (excluding diaryl/α,β-unsaturated/α-hetero) is 1. The molecule has 1 aliphatic heterocycles. The molecular weight excluding hydrogens is 172 g/mol. The van der Waals surface area contributed by atoms with E-state index in [1.54, 1.807) is 0 Å². The van der Waals surface area contributed by atoms with Crippen molar-refractivity contribution >= 4 is 11.8 Å². The maximum Gasteiger partial charge on any atom is 0.318 e. The summed E-state index contributed by atoms with van der Waals surface area (Å²) < 4.78 is 9.84. The first kappa shape index (κ1) is 10.2. The third-order valence-electron chi connectivity index (χ3n) is 2.12. The van der Waals surface area contributed by atoms with Gasteiger partial charge in [0, 0.05) is 6.42 Å². The van der Waals surface area contributed by atoms with Crippen LogP contribution >= 0.6 is 0 Å². The fourth-order valence-corrected chi connectivity index (χ4v) is 1.34. The van der Waals surface area contributed by atoms with Crippen LogP contribution in [0.5, 0.6) is 0 Å². The molecule has 0 aliphatic carbocycles. The molecule has 13 heavy (non-hydrogen) atoms. The Hall–Kier alpha value is -0.900. The first-order valence-electron chi connectivity index (χ1n) is 4.21. The van der Waals surface area contributed by atoms with Crippen LogP contribution in [0.3, 0.4) is 0 Å². The van der Waals surface area contributed by atoms with E-state index in [0.717, 1.165) is 0 Å². The topological polar surface area (TPSA) is 52.6 Å². The Kier molecular flexibility index (Phi) is 2.71. The van der Waals surface area contributed by atoms with Crippen molar-refractivity contribution in [3.63, 3.8) is 0 Å². The molecule has 4 nitrogen and oxygen atoms in total. The highest BCUT2D eigenvalue weighted by Gasteiger charge is 2.38. The number of hydrogen-bond acceptors (Lipinski definition) is 4. The van der Waals surface area contributed by atoms with Crippen LogP contribution in [0.1, 0.15) is 20.3 Å². The zero-order valence-corrected chi connectivity index (χ0v) is 8.12. The van der Waals surface area contributed by atoms with Crippen molar-refractivity contribution in [1.82, 2.24) is 0 Å². The molecule has 0 aromatic rings. The number of ketones is 1. The van der Waals surface area contributed by atoms with E-state index in [0.29, 0.717) is 0 Å². The van der Waals surface area contributed by atoms with Crippen LogP contribution in [0.25, 0.3) is 0 Å². The Balaban J connectivity index is 2.64. The predicted octanol–water partition coefficient (Wildman–Crippen LogP) is 0.544. The van der Waals surface area contributed by atoms with Crippen LogP contribution in [0.15, 0.2) is 0 Å². The maximum atomic E-state index is 11.4. The highest BCUT2D eigenvalue weighted by atomic mass is 16.5. The minimum Gasteiger partial charge on any atom is -0.468 e. The van der Waals surface area contributed by atoms with Crippen molar-refractivity contribution in [3.8, 4) is 0 Å². The third-order valence-corrected chi connectivity index (χ3v) is 2.12. The maximum absolute atomic E-state index is 11.4. The third kappa shape index (κ3) is 2.28. The molecular formula is C9H14O4. The van der Waals surface area contributed by atoms with Crippen LogP contribution in [0, 0.1) is 5.92 Å². The molecule has 1 heterocycles. The van der Waals surface area contributed by atoms with Gasteiger partial charge < -0.3 is 9.47 Å². The van der Waals surface area contributed by atoms with Gasteiger partial charge in [-0.05, 0) is 13.8 Å². The fraction of sp³-hybridized carbons (Fsp3) is 0.778. The second-order valence-corrected chi connectivity index (χ2v) is 3.79. The van der Waals surface area contributed by atoms with Gasteiger partial charge in [0.05, 0.1) is 19.3 Å². The lowest BCUT2D eigenvalue weighted by Crippen LogP contribution is -2.43. The van der Waals surface area contributed by atoms with E-state index < -0.39 is 17.5 Å². The minimum absolute atomic E-state index is 0.0944. The van der Waals surface area contributed by atoms with Gasteiger partial charge in [0.1, 0.15) is 5.92 Å². The lowest BCUT2D eigenvalue weighted by molar-refractivity contribution is -0.163. The van der Waals surface area contributed by atoms with Gasteiger partial charge in [0.25, 0.3) is 0 Å². The SMILES string of the molecule is COC(=O)[C@@H]1COC(C)(C)CC1=O. The summed E-state index contributed by atoms with van der Waals surface area (Å²) in [6.45, 7) is 3.80. The van der Waals surface area contributed by atoms with Gasteiger partial charge in [0.2, 0.25) is 0 Å². The van der Waals surface area contributed by atoms with Crippen molar-refractivity contribution in [2.75, 3.05) is 13.7 Å². The van der Waals surface area contributed by atoms with Crippen LogP contribution < -0.4 is 0 Å². The molecule has 1 atom stereocenters. The predicted molar refractivity (Wildman–Crippen MR) is 45.2 cm³/mol. The smallest absolute Gasteiger partial charge is 0.318 e. The molecule has 0 unspecified atom stereocenters. The molecule has 1 rings (SSSR count). The quantitative estimate of drug-likeness (QED) is 0.443. The summed E-state index contributed by atoms with van der Waals surface area (Å²) in [7, 11) is 1.27. The molecule has 1 aliphatic rings. The van der Waals surface area contributed by atoms with Gasteiger partial charge in [-0.2, -0.15) is 0 Å². The van der Waals surface area contributed by atoms with E-state index in [1.165, 1.54) is 7.11 Å². The Morgan fingerprint density at radius 3 is 2.69 bits per heavy atom. The summed E-state index contributed by atoms with van der Waals surface area (Å²) in [5.41, 5.74) is -0.443. The average Bonchev–Trinajstić information content (AvgIpc) is 2.01. The van der Waals surface area contributed by atoms with Crippen molar-refractivity contribution in [2.45, 2.75) is 25.9 Å². The number of rotatable bonds is 1. The van der Waals surface area contributed by atoms with E-state index in [4.69, 9.17) is 4.74 Å². The second kappa shape index (κ2) is 3.46. The van der Waals surface area contributed by atoms with Gasteiger partial charge >= 0.3 is 5.97 Å². The number of ether oxygens (including phenoxy) is 2. The van der Waals surface area contributed by atoms with E-state index in [9.17, 15) is 9.59 Å². The summed E-state index contributed by atoms with van der Waals surface area (Å²) in [6, 6.07) is 0. The minimum atomic E-state index is -0.724. The Bertz CT molecular complexity index is 232. The molecule has 74 valence electrons. The lowest BCUT2D eigenvalue weighted by Gasteiger charge is -2.32.